The standard InChI is InChI=1S/C36H58O9SSi/c1-36(2,3)47(4,5)45-31-27-32(44-34-22-12-14-24-42-34)35(29(31)19-10-7-15-26-46(37,38)39)30(43-33-21-11-13-23-41-33)20-16-25-40-28-17-8-6-9-18-28/h6,8-9,17-18,29-35H,10-14,16,19-27H2,1-5H3,(H,37,38,39)/t29-,30?,31-,32-,33?,34?,35-/m1/s1. The zero-order chi connectivity index (χ0) is 33.9. The second kappa shape index (κ2) is 18.0. The third kappa shape index (κ3) is 12.4. The molecule has 0 radical (unpaired) electrons. The van der Waals surface area contributed by atoms with Gasteiger partial charge in [0.15, 0.2) is 20.9 Å². The van der Waals surface area contributed by atoms with E-state index in [0.29, 0.717) is 32.7 Å². The summed E-state index contributed by atoms with van der Waals surface area (Å²) in [6, 6.07) is 9.86. The fourth-order valence-corrected chi connectivity index (χ4v) is 8.32. The Balaban J connectivity index is 1.62. The molecular weight excluding hydrogens is 637 g/mol. The van der Waals surface area contributed by atoms with Gasteiger partial charge in [-0.3, -0.25) is 4.55 Å². The van der Waals surface area contributed by atoms with Gasteiger partial charge in [0.05, 0.1) is 24.9 Å². The van der Waals surface area contributed by atoms with Gasteiger partial charge in [0.25, 0.3) is 10.1 Å². The molecule has 0 bridgehead atoms. The van der Waals surface area contributed by atoms with Gasteiger partial charge >= 0.3 is 0 Å². The first-order valence-corrected chi connectivity index (χ1v) is 22.1. The van der Waals surface area contributed by atoms with Crippen LogP contribution in [0.4, 0.5) is 0 Å². The van der Waals surface area contributed by atoms with Crippen LogP contribution in [0.2, 0.25) is 18.1 Å². The lowest BCUT2D eigenvalue weighted by molar-refractivity contribution is -0.232. The van der Waals surface area contributed by atoms with Crippen molar-refractivity contribution in [3.63, 3.8) is 0 Å². The molecule has 4 rings (SSSR count). The molecule has 2 saturated heterocycles. The highest BCUT2D eigenvalue weighted by Crippen LogP contribution is 2.48. The second-order valence-electron chi connectivity index (χ2n) is 14.8. The number of ether oxygens (including phenoxy) is 5. The molecule has 3 fully saturated rings. The van der Waals surface area contributed by atoms with E-state index in [9.17, 15) is 13.0 Å². The summed E-state index contributed by atoms with van der Waals surface area (Å²) in [5.74, 6) is 5.97. The van der Waals surface area contributed by atoms with E-state index in [4.69, 9.17) is 28.1 Å². The van der Waals surface area contributed by atoms with Crippen molar-refractivity contribution in [1.29, 1.82) is 0 Å². The summed E-state index contributed by atoms with van der Waals surface area (Å²) in [6.07, 6.45) is 8.49. The van der Waals surface area contributed by atoms with Crippen molar-refractivity contribution in [3.8, 4) is 17.6 Å². The van der Waals surface area contributed by atoms with Gasteiger partial charge in [-0.05, 0) is 100 Å². The average molecular weight is 695 g/mol. The lowest BCUT2D eigenvalue weighted by Crippen LogP contribution is -2.46. The van der Waals surface area contributed by atoms with Crippen molar-refractivity contribution >= 4 is 18.4 Å². The first-order chi connectivity index (χ1) is 22.3. The molecule has 47 heavy (non-hydrogen) atoms. The van der Waals surface area contributed by atoms with Crippen LogP contribution < -0.4 is 4.74 Å². The van der Waals surface area contributed by atoms with Crippen LogP contribution in [0, 0.1) is 23.7 Å². The summed E-state index contributed by atoms with van der Waals surface area (Å²) >= 11 is 0. The molecule has 1 N–H and O–H groups in total. The molecule has 1 aromatic rings. The highest BCUT2D eigenvalue weighted by atomic mass is 32.2. The largest absolute Gasteiger partial charge is 0.494 e. The highest BCUT2D eigenvalue weighted by Gasteiger charge is 2.52. The van der Waals surface area contributed by atoms with E-state index in [1.165, 1.54) is 0 Å². The van der Waals surface area contributed by atoms with Crippen molar-refractivity contribution in [3.05, 3.63) is 30.3 Å². The zero-order valence-electron chi connectivity index (χ0n) is 29.2. The summed E-state index contributed by atoms with van der Waals surface area (Å²) in [5.41, 5.74) is 0. The molecule has 1 aliphatic carbocycles. The van der Waals surface area contributed by atoms with Crippen LogP contribution in [0.3, 0.4) is 0 Å². The van der Waals surface area contributed by atoms with E-state index < -0.39 is 24.2 Å². The van der Waals surface area contributed by atoms with Gasteiger partial charge in [0, 0.05) is 25.6 Å². The maximum absolute atomic E-state index is 11.3. The molecule has 1 saturated carbocycles. The third-order valence-corrected chi connectivity index (χ3v) is 15.1. The van der Waals surface area contributed by atoms with Crippen LogP contribution >= 0.6 is 0 Å². The SMILES string of the molecule is CC(C)(C)[Si](C)(C)O[C@@H]1C[C@@H](OC2CCCCO2)[C@@H](C(CCCOc2ccccc2)OC2CCCCO2)[C@@H]1CCC#CCS(=O)(=O)O. The summed E-state index contributed by atoms with van der Waals surface area (Å²) in [4.78, 5) is 0. The monoisotopic (exact) mass is 694 g/mol. The van der Waals surface area contributed by atoms with Crippen molar-refractivity contribution in [2.75, 3.05) is 25.6 Å². The molecule has 0 spiro atoms. The van der Waals surface area contributed by atoms with Crippen LogP contribution in [-0.2, 0) is 33.5 Å². The summed E-state index contributed by atoms with van der Waals surface area (Å²) in [6.45, 7) is 13.3. The third-order valence-electron chi connectivity index (χ3n) is 10.1. The highest BCUT2D eigenvalue weighted by molar-refractivity contribution is 7.86. The lowest BCUT2D eigenvalue weighted by Gasteiger charge is -2.41. The van der Waals surface area contributed by atoms with Gasteiger partial charge in [-0.15, -0.1) is 5.92 Å². The number of para-hydroxylation sites is 1. The second-order valence-corrected chi connectivity index (χ2v) is 21.0. The minimum absolute atomic E-state index is 0.0130. The Morgan fingerprint density at radius 1 is 0.979 bits per heavy atom. The Morgan fingerprint density at radius 2 is 1.66 bits per heavy atom. The number of hydrogen-bond acceptors (Lipinski definition) is 8. The number of rotatable bonds is 15. The van der Waals surface area contributed by atoms with E-state index in [0.717, 1.165) is 63.5 Å². The molecule has 0 aromatic heterocycles. The first kappa shape index (κ1) is 38.3. The summed E-state index contributed by atoms with van der Waals surface area (Å²) in [5, 5.41) is 0.0222. The zero-order valence-corrected chi connectivity index (χ0v) is 31.0. The Morgan fingerprint density at radius 3 is 2.28 bits per heavy atom. The predicted octanol–water partition coefficient (Wildman–Crippen LogP) is 7.37. The van der Waals surface area contributed by atoms with Crippen molar-refractivity contribution in [2.24, 2.45) is 11.8 Å². The Labute approximate surface area is 284 Å². The number of benzene rings is 1. The Kier molecular flexibility index (Phi) is 14.6. The Bertz CT molecular complexity index is 1230. The molecule has 11 heteroatoms. The molecule has 7 atom stereocenters. The van der Waals surface area contributed by atoms with E-state index in [1.807, 2.05) is 30.3 Å². The maximum atomic E-state index is 11.3. The van der Waals surface area contributed by atoms with Crippen LogP contribution in [0.25, 0.3) is 0 Å². The van der Waals surface area contributed by atoms with Crippen molar-refractivity contribution in [2.45, 2.75) is 140 Å². The van der Waals surface area contributed by atoms with E-state index in [2.05, 4.69) is 45.7 Å². The predicted molar refractivity (Wildman–Crippen MR) is 185 cm³/mol. The smallest absolute Gasteiger partial charge is 0.276 e. The molecule has 266 valence electrons. The van der Waals surface area contributed by atoms with Gasteiger partial charge in [0.2, 0.25) is 0 Å². The van der Waals surface area contributed by atoms with E-state index in [1.54, 1.807) is 0 Å². The van der Waals surface area contributed by atoms with Crippen molar-refractivity contribution in [1.82, 2.24) is 0 Å². The lowest BCUT2D eigenvalue weighted by atomic mass is 9.83. The topological polar surface area (TPSA) is 110 Å². The van der Waals surface area contributed by atoms with E-state index in [-0.39, 0.29) is 47.8 Å². The van der Waals surface area contributed by atoms with Gasteiger partial charge in [-0.2, -0.15) is 8.42 Å². The molecule has 9 nitrogen and oxygen atoms in total. The van der Waals surface area contributed by atoms with Gasteiger partial charge < -0.3 is 28.1 Å². The van der Waals surface area contributed by atoms with Gasteiger partial charge in [0.1, 0.15) is 11.5 Å². The summed E-state index contributed by atoms with van der Waals surface area (Å²) < 4.78 is 71.0. The minimum atomic E-state index is -4.15. The number of hydrogen-bond donors (Lipinski definition) is 1. The molecule has 3 aliphatic rings. The van der Waals surface area contributed by atoms with Gasteiger partial charge in [-0.25, -0.2) is 0 Å². The molecule has 1 aromatic carbocycles. The molecule has 2 heterocycles. The molecular formula is C36H58O9SSi. The normalized spacial score (nSPS) is 28.0. The maximum Gasteiger partial charge on any atom is 0.276 e. The Hall–Kier alpha value is -1.49. The molecule has 2 aliphatic heterocycles. The summed E-state index contributed by atoms with van der Waals surface area (Å²) in [7, 11) is -6.32. The fourth-order valence-electron chi connectivity index (χ4n) is 6.65. The first-order valence-electron chi connectivity index (χ1n) is 17.6. The average Bonchev–Trinajstić information content (AvgIpc) is 3.34. The van der Waals surface area contributed by atoms with Crippen molar-refractivity contribution < 1.29 is 41.1 Å². The minimum Gasteiger partial charge on any atom is -0.494 e. The van der Waals surface area contributed by atoms with Gasteiger partial charge in [-0.1, -0.05) is 44.9 Å². The van der Waals surface area contributed by atoms with Crippen LogP contribution in [0.15, 0.2) is 30.3 Å². The fraction of sp³-hybridized carbons (Fsp3) is 0.778. The quantitative estimate of drug-likeness (QED) is 0.0871. The molecule has 3 unspecified atom stereocenters. The van der Waals surface area contributed by atoms with Crippen LogP contribution in [0.5, 0.6) is 5.75 Å². The molecule has 0 amide bonds. The van der Waals surface area contributed by atoms with Crippen LogP contribution in [0.1, 0.15) is 91.4 Å². The van der Waals surface area contributed by atoms with E-state index >= 15 is 0 Å². The van der Waals surface area contributed by atoms with Crippen LogP contribution in [-0.4, -0.2) is 77.8 Å².